The topological polar surface area (TPSA) is 21.3 Å². The molecule has 0 aromatic heterocycles. The number of hydrogen-bond acceptors (Lipinski definition) is 2. The van der Waals surface area contributed by atoms with E-state index in [-0.39, 0.29) is 6.10 Å². The summed E-state index contributed by atoms with van der Waals surface area (Å²) in [5.41, 5.74) is 2.81. The lowest BCUT2D eigenvalue weighted by molar-refractivity contribution is 0.140. The maximum atomic E-state index is 6.33. The second kappa shape index (κ2) is 5.54. The van der Waals surface area contributed by atoms with Crippen LogP contribution in [0.3, 0.4) is 0 Å². The first-order valence-corrected chi connectivity index (χ1v) is 7.41. The van der Waals surface area contributed by atoms with E-state index in [1.54, 1.807) is 0 Å². The Kier molecular flexibility index (Phi) is 4.19. The van der Waals surface area contributed by atoms with Gasteiger partial charge in [0.1, 0.15) is 11.9 Å². The molecule has 0 spiro atoms. The van der Waals surface area contributed by atoms with Crippen molar-refractivity contribution in [2.45, 2.75) is 59.6 Å². The van der Waals surface area contributed by atoms with Crippen LogP contribution in [0.5, 0.6) is 5.75 Å². The van der Waals surface area contributed by atoms with Crippen LogP contribution in [0.2, 0.25) is 0 Å². The third kappa shape index (κ3) is 3.11. The van der Waals surface area contributed by atoms with Crippen LogP contribution in [0.15, 0.2) is 18.2 Å². The molecule has 2 unspecified atom stereocenters. The lowest BCUT2D eigenvalue weighted by Gasteiger charge is -2.31. The molecule has 1 aromatic carbocycles. The van der Waals surface area contributed by atoms with Crippen molar-refractivity contribution in [3.63, 3.8) is 0 Å². The van der Waals surface area contributed by atoms with E-state index in [0.29, 0.717) is 11.5 Å². The van der Waals surface area contributed by atoms with Gasteiger partial charge in [0.05, 0.1) is 0 Å². The van der Waals surface area contributed by atoms with Crippen molar-refractivity contribution in [3.8, 4) is 5.75 Å². The fraction of sp³-hybridized carbons (Fsp3) is 0.647. The summed E-state index contributed by atoms with van der Waals surface area (Å²) in [7, 11) is 0. The molecule has 0 radical (unpaired) electrons. The average Bonchev–Trinajstić information content (AvgIpc) is 2.62. The predicted octanol–water partition coefficient (Wildman–Crippen LogP) is 3.85. The number of nitrogens with one attached hydrogen (secondary N) is 1. The molecule has 1 fully saturated rings. The number of hydrogen-bond donors (Lipinski definition) is 1. The van der Waals surface area contributed by atoms with Crippen LogP contribution in [0.25, 0.3) is 0 Å². The highest BCUT2D eigenvalue weighted by molar-refractivity contribution is 5.36. The van der Waals surface area contributed by atoms with E-state index in [9.17, 15) is 0 Å². The van der Waals surface area contributed by atoms with Crippen LogP contribution < -0.4 is 10.1 Å². The number of likely N-dealkylation sites (N-methyl/N-ethyl adjacent to an activating group) is 1. The van der Waals surface area contributed by atoms with Crippen molar-refractivity contribution >= 4 is 0 Å². The third-order valence-electron chi connectivity index (χ3n) is 4.33. The zero-order valence-corrected chi connectivity index (χ0v) is 12.9. The Morgan fingerprint density at radius 3 is 2.74 bits per heavy atom. The standard InChI is InChI=1S/C17H27NO/c1-6-18-16-14(9-10-17(16,4)5)19-15-11-12(2)7-8-13(15)3/h7-8,11,14,16,18H,6,9-10H2,1-5H3. The minimum absolute atomic E-state index is 0.287. The summed E-state index contributed by atoms with van der Waals surface area (Å²) in [5.74, 6) is 1.05. The van der Waals surface area contributed by atoms with Gasteiger partial charge < -0.3 is 10.1 Å². The van der Waals surface area contributed by atoms with Gasteiger partial charge in [-0.15, -0.1) is 0 Å². The number of ether oxygens (including phenoxy) is 1. The molecule has 1 aliphatic carbocycles. The van der Waals surface area contributed by atoms with Crippen molar-refractivity contribution in [1.82, 2.24) is 5.32 Å². The van der Waals surface area contributed by atoms with Gasteiger partial charge in [0.2, 0.25) is 0 Å². The van der Waals surface area contributed by atoms with Crippen molar-refractivity contribution < 1.29 is 4.74 Å². The summed E-state index contributed by atoms with van der Waals surface area (Å²) < 4.78 is 6.33. The first-order chi connectivity index (χ1) is 8.94. The van der Waals surface area contributed by atoms with Gasteiger partial charge in [-0.05, 0) is 55.8 Å². The molecule has 0 aliphatic heterocycles. The van der Waals surface area contributed by atoms with E-state index in [1.165, 1.54) is 17.5 Å². The van der Waals surface area contributed by atoms with Crippen molar-refractivity contribution in [3.05, 3.63) is 29.3 Å². The van der Waals surface area contributed by atoms with Crippen LogP contribution in [0, 0.1) is 19.3 Å². The van der Waals surface area contributed by atoms with Gasteiger partial charge in [0.25, 0.3) is 0 Å². The van der Waals surface area contributed by atoms with E-state index < -0.39 is 0 Å². The molecule has 1 N–H and O–H groups in total. The molecule has 19 heavy (non-hydrogen) atoms. The summed E-state index contributed by atoms with van der Waals surface area (Å²) in [6, 6.07) is 6.89. The zero-order valence-electron chi connectivity index (χ0n) is 12.9. The van der Waals surface area contributed by atoms with E-state index in [4.69, 9.17) is 4.74 Å². The lowest BCUT2D eigenvalue weighted by Crippen LogP contribution is -2.46. The highest BCUT2D eigenvalue weighted by Crippen LogP contribution is 2.39. The van der Waals surface area contributed by atoms with Gasteiger partial charge in [-0.2, -0.15) is 0 Å². The predicted molar refractivity (Wildman–Crippen MR) is 80.8 cm³/mol. The Labute approximate surface area is 117 Å². The maximum absolute atomic E-state index is 6.33. The van der Waals surface area contributed by atoms with Gasteiger partial charge in [-0.25, -0.2) is 0 Å². The molecule has 2 atom stereocenters. The van der Waals surface area contributed by atoms with Crippen molar-refractivity contribution in [1.29, 1.82) is 0 Å². The van der Waals surface area contributed by atoms with E-state index in [1.807, 2.05) is 0 Å². The van der Waals surface area contributed by atoms with Crippen LogP contribution in [-0.2, 0) is 0 Å². The summed E-state index contributed by atoms with van der Waals surface area (Å²) in [5, 5.41) is 3.61. The minimum Gasteiger partial charge on any atom is -0.489 e. The highest BCUT2D eigenvalue weighted by Gasteiger charge is 2.42. The SMILES string of the molecule is CCNC1C(Oc2cc(C)ccc2C)CCC1(C)C. The summed E-state index contributed by atoms with van der Waals surface area (Å²) in [6.45, 7) is 12.1. The fourth-order valence-corrected chi connectivity index (χ4v) is 3.09. The molecule has 1 saturated carbocycles. The number of rotatable bonds is 4. The van der Waals surface area contributed by atoms with Gasteiger partial charge >= 0.3 is 0 Å². The maximum Gasteiger partial charge on any atom is 0.122 e. The molecule has 0 bridgehead atoms. The molecule has 106 valence electrons. The first kappa shape index (κ1) is 14.4. The Bertz CT molecular complexity index is 439. The number of aryl methyl sites for hydroxylation is 2. The van der Waals surface area contributed by atoms with Gasteiger partial charge in [-0.1, -0.05) is 32.9 Å². The van der Waals surface area contributed by atoms with Gasteiger partial charge in [0, 0.05) is 6.04 Å². The summed E-state index contributed by atoms with van der Waals surface area (Å²) in [4.78, 5) is 0. The molecule has 1 aliphatic rings. The molecule has 0 saturated heterocycles. The molecule has 2 heteroatoms. The van der Waals surface area contributed by atoms with Gasteiger partial charge in [0.15, 0.2) is 0 Å². The molecular formula is C17H27NO. The van der Waals surface area contributed by atoms with E-state index in [0.717, 1.165) is 18.7 Å². The van der Waals surface area contributed by atoms with Crippen molar-refractivity contribution in [2.24, 2.45) is 5.41 Å². The summed E-state index contributed by atoms with van der Waals surface area (Å²) in [6.07, 6.45) is 2.65. The molecule has 1 aromatic rings. The van der Waals surface area contributed by atoms with E-state index >= 15 is 0 Å². The fourth-order valence-electron chi connectivity index (χ4n) is 3.09. The van der Waals surface area contributed by atoms with Gasteiger partial charge in [-0.3, -0.25) is 0 Å². The third-order valence-corrected chi connectivity index (χ3v) is 4.33. The lowest BCUT2D eigenvalue weighted by atomic mass is 9.87. The molecule has 0 heterocycles. The molecule has 2 nitrogen and oxygen atoms in total. The Balaban J connectivity index is 2.16. The van der Waals surface area contributed by atoms with Crippen LogP contribution in [0.4, 0.5) is 0 Å². The zero-order chi connectivity index (χ0) is 14.0. The second-order valence-electron chi connectivity index (χ2n) is 6.49. The smallest absolute Gasteiger partial charge is 0.122 e. The Morgan fingerprint density at radius 2 is 2.05 bits per heavy atom. The van der Waals surface area contributed by atoms with Crippen LogP contribution >= 0.6 is 0 Å². The molecular weight excluding hydrogens is 234 g/mol. The Morgan fingerprint density at radius 1 is 1.32 bits per heavy atom. The first-order valence-electron chi connectivity index (χ1n) is 7.41. The summed E-state index contributed by atoms with van der Waals surface area (Å²) >= 11 is 0. The van der Waals surface area contributed by atoms with Crippen LogP contribution in [0.1, 0.15) is 44.7 Å². The van der Waals surface area contributed by atoms with E-state index in [2.05, 4.69) is 58.1 Å². The average molecular weight is 261 g/mol. The molecule has 2 rings (SSSR count). The second-order valence-corrected chi connectivity index (χ2v) is 6.49. The largest absolute Gasteiger partial charge is 0.489 e. The molecule has 0 amide bonds. The monoisotopic (exact) mass is 261 g/mol. The quantitative estimate of drug-likeness (QED) is 0.889. The minimum atomic E-state index is 0.287. The highest BCUT2D eigenvalue weighted by atomic mass is 16.5. The number of benzene rings is 1. The Hall–Kier alpha value is -1.02. The van der Waals surface area contributed by atoms with Crippen molar-refractivity contribution in [2.75, 3.05) is 6.54 Å². The normalized spacial score (nSPS) is 25.5. The van der Waals surface area contributed by atoms with Crippen LogP contribution in [-0.4, -0.2) is 18.7 Å².